The van der Waals surface area contributed by atoms with Crippen LogP contribution in [-0.4, -0.2) is 26.0 Å². The largest absolute Gasteiger partial charge is 0.461 e. The standard InChI is InChI=1S/C11H12BrN5OS/c1-6(2)18-10-15-9(13)16-11(17-10)19-8-4-3-7(12)5-14-8/h3-6H,1-2H3,(H2,13,15,16,17). The Bertz CT molecular complexity index is 564. The molecule has 0 atom stereocenters. The summed E-state index contributed by atoms with van der Waals surface area (Å²) >= 11 is 4.63. The smallest absolute Gasteiger partial charge is 0.322 e. The molecule has 0 unspecified atom stereocenters. The lowest BCUT2D eigenvalue weighted by atomic mass is 10.5. The molecule has 0 spiro atoms. The highest BCUT2D eigenvalue weighted by Gasteiger charge is 2.09. The van der Waals surface area contributed by atoms with Crippen LogP contribution in [0.1, 0.15) is 13.8 Å². The highest BCUT2D eigenvalue weighted by Crippen LogP contribution is 2.25. The molecule has 0 fully saturated rings. The second kappa shape index (κ2) is 6.16. The lowest BCUT2D eigenvalue weighted by Crippen LogP contribution is -2.10. The molecular formula is C11H12BrN5OS. The Labute approximate surface area is 123 Å². The molecule has 0 aromatic carbocycles. The first-order valence-corrected chi connectivity index (χ1v) is 7.11. The predicted octanol–water partition coefficient (Wildman–Crippen LogP) is 2.55. The summed E-state index contributed by atoms with van der Waals surface area (Å²) in [5, 5.41) is 1.22. The van der Waals surface area contributed by atoms with Crippen LogP contribution in [0.5, 0.6) is 6.01 Å². The van der Waals surface area contributed by atoms with Crippen LogP contribution in [0.2, 0.25) is 0 Å². The number of pyridine rings is 1. The zero-order valence-corrected chi connectivity index (χ0v) is 12.8. The van der Waals surface area contributed by atoms with Crippen molar-refractivity contribution in [2.45, 2.75) is 30.1 Å². The SMILES string of the molecule is CC(C)Oc1nc(N)nc(Sc2ccc(Br)cn2)n1. The number of hydrogen-bond acceptors (Lipinski definition) is 7. The van der Waals surface area contributed by atoms with E-state index in [1.54, 1.807) is 6.20 Å². The number of nitrogen functional groups attached to an aromatic ring is 1. The molecular weight excluding hydrogens is 330 g/mol. The van der Waals surface area contributed by atoms with E-state index in [4.69, 9.17) is 10.5 Å². The molecule has 0 aliphatic carbocycles. The number of nitrogens with zero attached hydrogens (tertiary/aromatic N) is 4. The maximum Gasteiger partial charge on any atom is 0.322 e. The first-order valence-electron chi connectivity index (χ1n) is 5.50. The van der Waals surface area contributed by atoms with E-state index in [1.165, 1.54) is 11.8 Å². The molecule has 2 heterocycles. The van der Waals surface area contributed by atoms with Gasteiger partial charge >= 0.3 is 6.01 Å². The molecule has 100 valence electrons. The molecule has 0 aliphatic heterocycles. The van der Waals surface area contributed by atoms with Crippen molar-refractivity contribution in [1.29, 1.82) is 0 Å². The molecule has 0 saturated heterocycles. The van der Waals surface area contributed by atoms with Gasteiger partial charge < -0.3 is 10.5 Å². The Hall–Kier alpha value is -1.41. The molecule has 2 N–H and O–H groups in total. The first kappa shape index (κ1) is 14.0. The van der Waals surface area contributed by atoms with E-state index in [0.29, 0.717) is 5.16 Å². The van der Waals surface area contributed by atoms with Crippen molar-refractivity contribution in [2.75, 3.05) is 5.73 Å². The molecule has 0 amide bonds. The number of aromatic nitrogens is 4. The van der Waals surface area contributed by atoms with Crippen LogP contribution in [0.4, 0.5) is 5.95 Å². The Kier molecular flexibility index (Phi) is 4.54. The minimum absolute atomic E-state index is 0.0227. The van der Waals surface area contributed by atoms with E-state index < -0.39 is 0 Å². The maximum absolute atomic E-state index is 5.63. The van der Waals surface area contributed by atoms with Crippen molar-refractivity contribution in [3.8, 4) is 6.01 Å². The molecule has 2 aromatic rings. The van der Waals surface area contributed by atoms with Gasteiger partial charge in [0.2, 0.25) is 11.1 Å². The molecule has 0 radical (unpaired) electrons. The van der Waals surface area contributed by atoms with E-state index in [9.17, 15) is 0 Å². The highest BCUT2D eigenvalue weighted by molar-refractivity contribution is 9.10. The molecule has 0 bridgehead atoms. The van der Waals surface area contributed by atoms with Crippen molar-refractivity contribution in [3.63, 3.8) is 0 Å². The summed E-state index contributed by atoms with van der Waals surface area (Å²) in [5.74, 6) is 0.130. The van der Waals surface area contributed by atoms with Gasteiger partial charge in [-0.2, -0.15) is 15.0 Å². The van der Waals surface area contributed by atoms with Crippen LogP contribution < -0.4 is 10.5 Å². The molecule has 2 rings (SSSR count). The average Bonchev–Trinajstić information content (AvgIpc) is 2.30. The molecule has 6 nitrogen and oxygen atoms in total. The van der Waals surface area contributed by atoms with Gasteiger partial charge in [0.15, 0.2) is 0 Å². The maximum atomic E-state index is 5.63. The second-order valence-corrected chi connectivity index (χ2v) is 5.75. The number of hydrogen-bond donors (Lipinski definition) is 1. The lowest BCUT2D eigenvalue weighted by molar-refractivity contribution is 0.219. The normalized spacial score (nSPS) is 10.7. The summed E-state index contributed by atoms with van der Waals surface area (Å²) < 4.78 is 6.32. The topological polar surface area (TPSA) is 86.8 Å². The van der Waals surface area contributed by atoms with Crippen molar-refractivity contribution in [3.05, 3.63) is 22.8 Å². The first-order chi connectivity index (χ1) is 9.02. The molecule has 0 saturated carbocycles. The van der Waals surface area contributed by atoms with E-state index in [-0.39, 0.29) is 18.1 Å². The van der Waals surface area contributed by atoms with Gasteiger partial charge in [-0.25, -0.2) is 4.98 Å². The van der Waals surface area contributed by atoms with Crippen molar-refractivity contribution < 1.29 is 4.74 Å². The van der Waals surface area contributed by atoms with Crippen LogP contribution in [-0.2, 0) is 0 Å². The van der Waals surface area contributed by atoms with Crippen molar-refractivity contribution in [2.24, 2.45) is 0 Å². The van der Waals surface area contributed by atoms with Gasteiger partial charge in [0.05, 0.1) is 6.10 Å². The van der Waals surface area contributed by atoms with Crippen LogP contribution >= 0.6 is 27.7 Å². The van der Waals surface area contributed by atoms with Gasteiger partial charge in [-0.1, -0.05) is 0 Å². The summed E-state index contributed by atoms with van der Waals surface area (Å²) in [6.07, 6.45) is 1.68. The van der Waals surface area contributed by atoms with Crippen LogP contribution in [0.15, 0.2) is 33.0 Å². The number of rotatable bonds is 4. The third kappa shape index (κ3) is 4.32. The van der Waals surface area contributed by atoms with E-state index in [2.05, 4.69) is 35.9 Å². The summed E-state index contributed by atoms with van der Waals surface area (Å²) in [6.45, 7) is 3.78. The van der Waals surface area contributed by atoms with Gasteiger partial charge in [-0.05, 0) is 53.7 Å². The zero-order chi connectivity index (χ0) is 13.8. The van der Waals surface area contributed by atoms with Gasteiger partial charge in [-0.15, -0.1) is 0 Å². The summed E-state index contributed by atoms with van der Waals surface area (Å²) in [7, 11) is 0. The number of anilines is 1. The van der Waals surface area contributed by atoms with Crippen molar-refractivity contribution >= 4 is 33.6 Å². The molecule has 0 aliphatic rings. The molecule has 2 aromatic heterocycles. The summed E-state index contributed by atoms with van der Waals surface area (Å²) in [5.41, 5.74) is 5.63. The van der Waals surface area contributed by atoms with E-state index in [1.807, 2.05) is 26.0 Å². The lowest BCUT2D eigenvalue weighted by Gasteiger charge is -2.08. The van der Waals surface area contributed by atoms with Gasteiger partial charge in [0.25, 0.3) is 0 Å². The highest BCUT2D eigenvalue weighted by atomic mass is 79.9. The minimum Gasteiger partial charge on any atom is -0.461 e. The monoisotopic (exact) mass is 341 g/mol. The fourth-order valence-corrected chi connectivity index (χ4v) is 2.10. The fraction of sp³-hybridized carbons (Fsp3) is 0.273. The van der Waals surface area contributed by atoms with Crippen LogP contribution in [0, 0.1) is 0 Å². The van der Waals surface area contributed by atoms with Gasteiger partial charge in [-0.3, -0.25) is 0 Å². The average molecular weight is 342 g/mol. The second-order valence-electron chi connectivity index (χ2n) is 3.84. The molecule has 19 heavy (non-hydrogen) atoms. The predicted molar refractivity (Wildman–Crippen MR) is 76.1 cm³/mol. The zero-order valence-electron chi connectivity index (χ0n) is 10.4. The number of ether oxygens (including phenoxy) is 1. The van der Waals surface area contributed by atoms with Crippen molar-refractivity contribution in [1.82, 2.24) is 19.9 Å². The third-order valence-corrected chi connectivity index (χ3v) is 3.13. The fourth-order valence-electron chi connectivity index (χ4n) is 1.18. The van der Waals surface area contributed by atoms with Crippen LogP contribution in [0.25, 0.3) is 0 Å². The number of nitrogens with two attached hydrogens (primary N) is 1. The Morgan fingerprint density at radius 3 is 2.68 bits per heavy atom. The van der Waals surface area contributed by atoms with E-state index in [0.717, 1.165) is 9.50 Å². The summed E-state index contributed by atoms with van der Waals surface area (Å²) in [4.78, 5) is 16.4. The molecule has 8 heteroatoms. The minimum atomic E-state index is -0.0227. The Morgan fingerprint density at radius 1 is 1.26 bits per heavy atom. The number of halogens is 1. The van der Waals surface area contributed by atoms with Gasteiger partial charge in [0, 0.05) is 10.7 Å². The Morgan fingerprint density at radius 2 is 2.05 bits per heavy atom. The Balaban J connectivity index is 2.19. The quantitative estimate of drug-likeness (QED) is 0.914. The van der Waals surface area contributed by atoms with E-state index >= 15 is 0 Å². The third-order valence-electron chi connectivity index (χ3n) is 1.85. The summed E-state index contributed by atoms with van der Waals surface area (Å²) in [6, 6.07) is 3.98. The van der Waals surface area contributed by atoms with Crippen LogP contribution in [0.3, 0.4) is 0 Å². The van der Waals surface area contributed by atoms with Gasteiger partial charge in [0.1, 0.15) is 5.03 Å².